The van der Waals surface area contributed by atoms with Crippen LogP contribution in [0.25, 0.3) is 0 Å². The molecule has 1 heterocycles. The third kappa shape index (κ3) is 3.13. The standard InChI is InChI=1S/C12H15FN2O3S2/c1-12(5-2-6-19-12)11(16)15-10-4-3-8(7-9(10)13)20(14,17)18/h3-4,7H,2,5-6H2,1H3,(H,15,16)(H2,14,17,18). The Hall–Kier alpha value is -1.12. The fraction of sp³-hybridized carbons (Fsp3) is 0.417. The number of amides is 1. The largest absolute Gasteiger partial charge is 0.322 e. The van der Waals surface area contributed by atoms with Crippen LogP contribution in [0.1, 0.15) is 19.8 Å². The first-order valence-corrected chi connectivity index (χ1v) is 8.53. The molecule has 1 atom stereocenters. The lowest BCUT2D eigenvalue weighted by Gasteiger charge is -2.21. The zero-order valence-electron chi connectivity index (χ0n) is 10.8. The van der Waals surface area contributed by atoms with Crippen molar-refractivity contribution in [2.45, 2.75) is 29.4 Å². The van der Waals surface area contributed by atoms with Crippen molar-refractivity contribution < 1.29 is 17.6 Å². The van der Waals surface area contributed by atoms with E-state index >= 15 is 0 Å². The normalized spacial score (nSPS) is 22.8. The van der Waals surface area contributed by atoms with Gasteiger partial charge in [0.25, 0.3) is 0 Å². The molecule has 0 bridgehead atoms. The van der Waals surface area contributed by atoms with Gasteiger partial charge in [-0.1, -0.05) is 0 Å². The van der Waals surface area contributed by atoms with E-state index in [1.54, 1.807) is 0 Å². The summed E-state index contributed by atoms with van der Waals surface area (Å²) in [4.78, 5) is 11.8. The fourth-order valence-corrected chi connectivity index (χ4v) is 3.72. The Balaban J connectivity index is 2.20. The monoisotopic (exact) mass is 318 g/mol. The average molecular weight is 318 g/mol. The Morgan fingerprint density at radius 3 is 2.70 bits per heavy atom. The fourth-order valence-electron chi connectivity index (χ4n) is 1.99. The maximum absolute atomic E-state index is 13.8. The molecule has 1 aliphatic rings. The summed E-state index contributed by atoms with van der Waals surface area (Å²) in [5.41, 5.74) is -0.0453. The molecule has 1 fully saturated rings. The molecule has 1 aromatic rings. The second-order valence-electron chi connectivity index (χ2n) is 4.82. The van der Waals surface area contributed by atoms with Gasteiger partial charge in [-0.3, -0.25) is 4.79 Å². The van der Waals surface area contributed by atoms with Crippen molar-refractivity contribution >= 4 is 33.4 Å². The second kappa shape index (κ2) is 5.34. The molecule has 3 N–H and O–H groups in total. The summed E-state index contributed by atoms with van der Waals surface area (Å²) >= 11 is 1.53. The smallest absolute Gasteiger partial charge is 0.240 e. The molecule has 0 spiro atoms. The molecule has 2 rings (SSSR count). The van der Waals surface area contributed by atoms with Gasteiger partial charge in [0.2, 0.25) is 15.9 Å². The molecule has 1 unspecified atom stereocenters. The maximum atomic E-state index is 13.8. The first-order valence-electron chi connectivity index (χ1n) is 6.00. The van der Waals surface area contributed by atoms with Crippen LogP contribution in [-0.2, 0) is 14.8 Å². The summed E-state index contributed by atoms with van der Waals surface area (Å²) in [7, 11) is -3.96. The van der Waals surface area contributed by atoms with Gasteiger partial charge in [-0.25, -0.2) is 17.9 Å². The predicted octanol–water partition coefficient (Wildman–Crippen LogP) is 1.70. The van der Waals surface area contributed by atoms with Gasteiger partial charge in [0.05, 0.1) is 15.3 Å². The number of benzene rings is 1. The molecule has 20 heavy (non-hydrogen) atoms. The SMILES string of the molecule is CC1(C(=O)Nc2ccc(S(N)(=O)=O)cc2F)CCCS1. The van der Waals surface area contributed by atoms with Crippen LogP contribution in [-0.4, -0.2) is 24.8 Å². The number of sulfonamides is 1. The van der Waals surface area contributed by atoms with Crippen LogP contribution in [0.5, 0.6) is 0 Å². The van der Waals surface area contributed by atoms with Crippen molar-refractivity contribution in [2.24, 2.45) is 5.14 Å². The van der Waals surface area contributed by atoms with Crippen molar-refractivity contribution in [1.82, 2.24) is 0 Å². The number of rotatable bonds is 3. The molecule has 0 radical (unpaired) electrons. The average Bonchev–Trinajstić information content (AvgIpc) is 2.78. The summed E-state index contributed by atoms with van der Waals surface area (Å²) in [6.45, 7) is 1.82. The number of carbonyl (C=O) groups excluding carboxylic acids is 1. The Morgan fingerprint density at radius 2 is 2.20 bits per heavy atom. The number of hydrogen-bond donors (Lipinski definition) is 2. The highest BCUT2D eigenvalue weighted by Crippen LogP contribution is 2.38. The van der Waals surface area contributed by atoms with Gasteiger partial charge in [0, 0.05) is 0 Å². The molecule has 1 aliphatic heterocycles. The van der Waals surface area contributed by atoms with E-state index in [2.05, 4.69) is 5.32 Å². The number of nitrogens with one attached hydrogen (secondary N) is 1. The first-order chi connectivity index (χ1) is 9.22. The number of anilines is 1. The van der Waals surface area contributed by atoms with Crippen molar-refractivity contribution in [1.29, 1.82) is 0 Å². The highest BCUT2D eigenvalue weighted by atomic mass is 32.2. The molecule has 8 heteroatoms. The van der Waals surface area contributed by atoms with Crippen molar-refractivity contribution in [3.63, 3.8) is 0 Å². The molecule has 1 aromatic carbocycles. The Bertz CT molecular complexity index is 640. The van der Waals surface area contributed by atoms with E-state index in [0.29, 0.717) is 0 Å². The Morgan fingerprint density at radius 1 is 1.50 bits per heavy atom. The van der Waals surface area contributed by atoms with Gasteiger partial charge >= 0.3 is 0 Å². The second-order valence-corrected chi connectivity index (χ2v) is 7.98. The van der Waals surface area contributed by atoms with E-state index in [9.17, 15) is 17.6 Å². The highest BCUT2D eigenvalue weighted by molar-refractivity contribution is 8.01. The predicted molar refractivity (Wildman–Crippen MR) is 76.5 cm³/mol. The van der Waals surface area contributed by atoms with Crippen LogP contribution in [0, 0.1) is 5.82 Å². The lowest BCUT2D eigenvalue weighted by Crippen LogP contribution is -2.35. The molecule has 1 amide bonds. The van der Waals surface area contributed by atoms with Crippen LogP contribution in [0.2, 0.25) is 0 Å². The van der Waals surface area contributed by atoms with Crippen molar-refractivity contribution in [3.8, 4) is 0 Å². The van der Waals surface area contributed by atoms with Gasteiger partial charge in [0.15, 0.2) is 0 Å². The minimum atomic E-state index is -3.96. The zero-order chi connectivity index (χ0) is 15.0. The number of halogens is 1. The third-order valence-electron chi connectivity index (χ3n) is 3.22. The van der Waals surface area contributed by atoms with Crippen LogP contribution in [0.4, 0.5) is 10.1 Å². The number of hydrogen-bond acceptors (Lipinski definition) is 4. The van der Waals surface area contributed by atoms with Crippen LogP contribution >= 0.6 is 11.8 Å². The van der Waals surface area contributed by atoms with E-state index in [1.165, 1.54) is 17.8 Å². The van der Waals surface area contributed by atoms with E-state index in [1.807, 2.05) is 6.92 Å². The first kappa shape index (κ1) is 15.3. The molecule has 0 aromatic heterocycles. The molecular formula is C12H15FN2O3S2. The minimum Gasteiger partial charge on any atom is -0.322 e. The number of primary sulfonamides is 1. The lowest BCUT2D eigenvalue weighted by molar-refractivity contribution is -0.118. The molecule has 110 valence electrons. The van der Waals surface area contributed by atoms with Gasteiger partial charge in [-0.2, -0.15) is 0 Å². The number of nitrogens with two attached hydrogens (primary N) is 1. The summed E-state index contributed by atoms with van der Waals surface area (Å²) < 4.78 is 35.4. The third-order valence-corrected chi connectivity index (χ3v) is 5.65. The molecular weight excluding hydrogens is 303 g/mol. The highest BCUT2D eigenvalue weighted by Gasteiger charge is 2.37. The quantitative estimate of drug-likeness (QED) is 0.887. The van der Waals surface area contributed by atoms with E-state index < -0.39 is 20.6 Å². The zero-order valence-corrected chi connectivity index (χ0v) is 12.5. The molecule has 0 saturated carbocycles. The van der Waals surface area contributed by atoms with E-state index in [-0.39, 0.29) is 16.5 Å². The molecule has 0 aliphatic carbocycles. The molecule has 1 saturated heterocycles. The van der Waals surface area contributed by atoms with Gasteiger partial charge in [0.1, 0.15) is 5.82 Å². The maximum Gasteiger partial charge on any atom is 0.240 e. The summed E-state index contributed by atoms with van der Waals surface area (Å²) in [6.07, 6.45) is 1.68. The summed E-state index contributed by atoms with van der Waals surface area (Å²) in [6, 6.07) is 3.17. The minimum absolute atomic E-state index is 0.0453. The van der Waals surface area contributed by atoms with Crippen LogP contribution in [0.15, 0.2) is 23.1 Å². The van der Waals surface area contributed by atoms with Gasteiger partial charge in [-0.15, -0.1) is 11.8 Å². The van der Waals surface area contributed by atoms with Gasteiger partial charge in [-0.05, 0) is 43.7 Å². The van der Waals surface area contributed by atoms with E-state index in [4.69, 9.17) is 5.14 Å². The lowest BCUT2D eigenvalue weighted by atomic mass is 10.0. The number of carbonyl (C=O) groups is 1. The van der Waals surface area contributed by atoms with E-state index in [0.717, 1.165) is 30.7 Å². The number of thioether (sulfide) groups is 1. The Labute approximate surface area is 121 Å². The summed E-state index contributed by atoms with van der Waals surface area (Å²) in [5, 5.41) is 7.41. The molecule has 5 nitrogen and oxygen atoms in total. The van der Waals surface area contributed by atoms with Crippen LogP contribution < -0.4 is 10.5 Å². The Kier molecular flexibility index (Phi) is 4.08. The summed E-state index contributed by atoms with van der Waals surface area (Å²) in [5.74, 6) is -0.199. The van der Waals surface area contributed by atoms with Crippen LogP contribution in [0.3, 0.4) is 0 Å². The van der Waals surface area contributed by atoms with Crippen molar-refractivity contribution in [3.05, 3.63) is 24.0 Å². The topological polar surface area (TPSA) is 89.3 Å². The van der Waals surface area contributed by atoms with Crippen molar-refractivity contribution in [2.75, 3.05) is 11.1 Å². The van der Waals surface area contributed by atoms with Gasteiger partial charge < -0.3 is 5.32 Å².